The van der Waals surface area contributed by atoms with Gasteiger partial charge in [-0.1, -0.05) is 12.1 Å². The van der Waals surface area contributed by atoms with Crippen molar-refractivity contribution in [2.75, 3.05) is 13.1 Å². The molecule has 0 N–H and O–H groups in total. The van der Waals surface area contributed by atoms with Crippen LogP contribution in [0.5, 0.6) is 17.2 Å². The molecule has 1 aliphatic heterocycles. The van der Waals surface area contributed by atoms with Gasteiger partial charge in [-0.15, -0.1) is 0 Å². The van der Waals surface area contributed by atoms with Crippen LogP contribution in [0.15, 0.2) is 65.5 Å². The third-order valence-electron chi connectivity index (χ3n) is 5.56. The summed E-state index contributed by atoms with van der Waals surface area (Å²) in [6.07, 6.45) is 0.880. The number of carbonyl (C=O) groups is 1. The fourth-order valence-corrected chi connectivity index (χ4v) is 3.53. The lowest BCUT2D eigenvalue weighted by atomic mass is 10.1. The van der Waals surface area contributed by atoms with Crippen LogP contribution in [0.4, 0.5) is 4.39 Å². The Morgan fingerprint density at radius 1 is 1.03 bits per heavy atom. The van der Waals surface area contributed by atoms with Gasteiger partial charge in [0.1, 0.15) is 29.2 Å². The third kappa shape index (κ3) is 5.17. The average Bonchev–Trinajstić information content (AvgIpc) is 2.74. The molecule has 1 aromatic heterocycles. The van der Waals surface area contributed by atoms with E-state index in [1.807, 2.05) is 37.3 Å². The van der Waals surface area contributed by atoms with Crippen LogP contribution in [-0.2, 0) is 18.3 Å². The molecule has 1 amide bonds. The van der Waals surface area contributed by atoms with Gasteiger partial charge in [-0.2, -0.15) is 0 Å². The van der Waals surface area contributed by atoms with Crippen molar-refractivity contribution >= 4 is 5.91 Å². The Kier molecular flexibility index (Phi) is 6.25. The molecule has 1 aliphatic rings. The molecule has 2 aromatic carbocycles. The quantitative estimate of drug-likeness (QED) is 0.565. The first-order valence-electron chi connectivity index (χ1n) is 10.5. The highest BCUT2D eigenvalue weighted by Gasteiger charge is 2.32. The van der Waals surface area contributed by atoms with Crippen LogP contribution >= 0.6 is 0 Å². The highest BCUT2D eigenvalue weighted by molar-refractivity contribution is 5.77. The van der Waals surface area contributed by atoms with E-state index in [0.717, 1.165) is 11.3 Å². The van der Waals surface area contributed by atoms with Crippen molar-refractivity contribution in [1.82, 2.24) is 9.47 Å². The van der Waals surface area contributed by atoms with Gasteiger partial charge >= 0.3 is 0 Å². The molecule has 0 aliphatic carbocycles. The van der Waals surface area contributed by atoms with E-state index < -0.39 is 0 Å². The molecule has 1 fully saturated rings. The number of aryl methyl sites for hydroxylation is 2. The molecular formula is C25H25FN2O4. The minimum absolute atomic E-state index is 0.0647. The number of carbonyl (C=O) groups excluding carboxylic acids is 1. The Labute approximate surface area is 185 Å². The van der Waals surface area contributed by atoms with E-state index in [1.165, 1.54) is 18.2 Å². The van der Waals surface area contributed by atoms with Crippen LogP contribution in [0.1, 0.15) is 17.7 Å². The summed E-state index contributed by atoms with van der Waals surface area (Å²) in [7, 11) is 1.72. The van der Waals surface area contributed by atoms with E-state index in [2.05, 4.69) is 0 Å². The number of aromatic nitrogens is 1. The summed E-state index contributed by atoms with van der Waals surface area (Å²) in [6, 6.07) is 16.7. The molecule has 0 bridgehead atoms. The van der Waals surface area contributed by atoms with Crippen molar-refractivity contribution in [1.29, 1.82) is 0 Å². The highest BCUT2D eigenvalue weighted by atomic mass is 19.1. The number of hydrogen-bond donors (Lipinski definition) is 0. The Hall–Kier alpha value is -3.61. The van der Waals surface area contributed by atoms with Crippen LogP contribution < -0.4 is 15.0 Å². The SMILES string of the molecule is Cc1cc(OC2CN(C(=O)CCc3cccc(Oc4ccc(F)cc4)c3)C2)cc(=O)n1C. The van der Waals surface area contributed by atoms with Crippen molar-refractivity contribution in [3.63, 3.8) is 0 Å². The van der Waals surface area contributed by atoms with Gasteiger partial charge in [-0.25, -0.2) is 4.39 Å². The van der Waals surface area contributed by atoms with Gasteiger partial charge in [0.2, 0.25) is 5.91 Å². The van der Waals surface area contributed by atoms with Gasteiger partial charge < -0.3 is 18.9 Å². The summed E-state index contributed by atoms with van der Waals surface area (Å²) in [6.45, 7) is 2.88. The number of halogens is 1. The van der Waals surface area contributed by atoms with Crippen LogP contribution in [0, 0.1) is 12.7 Å². The van der Waals surface area contributed by atoms with Gasteiger partial charge in [0.05, 0.1) is 13.1 Å². The molecule has 0 unspecified atom stereocenters. The number of pyridine rings is 1. The lowest BCUT2D eigenvalue weighted by Crippen LogP contribution is -2.56. The van der Waals surface area contributed by atoms with Gasteiger partial charge in [-0.05, 0) is 61.4 Å². The Morgan fingerprint density at radius 3 is 2.50 bits per heavy atom. The summed E-state index contributed by atoms with van der Waals surface area (Å²) in [5, 5.41) is 0. The van der Waals surface area contributed by atoms with Crippen molar-refractivity contribution in [2.24, 2.45) is 7.05 Å². The van der Waals surface area contributed by atoms with Crippen molar-refractivity contribution in [3.8, 4) is 17.2 Å². The predicted molar refractivity (Wildman–Crippen MR) is 119 cm³/mol. The Morgan fingerprint density at radius 2 is 1.78 bits per heavy atom. The molecule has 6 nitrogen and oxygen atoms in total. The molecule has 1 saturated heterocycles. The molecule has 0 atom stereocenters. The van der Waals surface area contributed by atoms with Crippen molar-refractivity contribution in [3.05, 3.63) is 88.1 Å². The summed E-state index contributed by atoms with van der Waals surface area (Å²) in [4.78, 5) is 26.1. The van der Waals surface area contributed by atoms with E-state index in [-0.39, 0.29) is 23.4 Å². The molecule has 0 saturated carbocycles. The molecule has 3 aromatic rings. The number of likely N-dealkylation sites (tertiary alicyclic amines) is 1. The number of ether oxygens (including phenoxy) is 2. The zero-order chi connectivity index (χ0) is 22.7. The van der Waals surface area contributed by atoms with Crippen LogP contribution in [0.3, 0.4) is 0 Å². The lowest BCUT2D eigenvalue weighted by molar-refractivity contribution is -0.139. The summed E-state index contributed by atoms with van der Waals surface area (Å²) < 4.78 is 26.2. The lowest BCUT2D eigenvalue weighted by Gasteiger charge is -2.39. The normalized spacial score (nSPS) is 13.5. The largest absolute Gasteiger partial charge is 0.486 e. The third-order valence-corrected chi connectivity index (χ3v) is 5.56. The van der Waals surface area contributed by atoms with Gasteiger partial charge in [0.25, 0.3) is 5.56 Å². The van der Waals surface area contributed by atoms with Gasteiger partial charge in [0.15, 0.2) is 0 Å². The first-order chi connectivity index (χ1) is 15.4. The average molecular weight is 436 g/mol. The van der Waals surface area contributed by atoms with Crippen molar-refractivity contribution < 1.29 is 18.7 Å². The van der Waals surface area contributed by atoms with E-state index in [1.54, 1.807) is 28.6 Å². The van der Waals surface area contributed by atoms with Crippen LogP contribution in [-0.4, -0.2) is 34.6 Å². The fourth-order valence-electron chi connectivity index (χ4n) is 3.53. The van der Waals surface area contributed by atoms with Crippen LogP contribution in [0.2, 0.25) is 0 Å². The molecule has 2 heterocycles. The van der Waals surface area contributed by atoms with Gasteiger partial charge in [0, 0.05) is 25.2 Å². The number of hydrogen-bond acceptors (Lipinski definition) is 4. The molecule has 0 radical (unpaired) electrons. The maximum Gasteiger partial charge on any atom is 0.254 e. The molecule has 32 heavy (non-hydrogen) atoms. The van der Waals surface area contributed by atoms with E-state index in [9.17, 15) is 14.0 Å². The van der Waals surface area contributed by atoms with E-state index >= 15 is 0 Å². The monoisotopic (exact) mass is 436 g/mol. The number of amides is 1. The first-order valence-corrected chi connectivity index (χ1v) is 10.5. The Balaban J connectivity index is 1.25. The van der Waals surface area contributed by atoms with E-state index in [4.69, 9.17) is 9.47 Å². The summed E-state index contributed by atoms with van der Waals surface area (Å²) in [5.74, 6) is 1.49. The Bertz CT molecular complexity index is 1170. The highest BCUT2D eigenvalue weighted by Crippen LogP contribution is 2.24. The fraction of sp³-hybridized carbons (Fsp3) is 0.280. The summed E-state index contributed by atoms with van der Waals surface area (Å²) >= 11 is 0. The topological polar surface area (TPSA) is 60.8 Å². The first kappa shape index (κ1) is 21.6. The minimum Gasteiger partial charge on any atom is -0.486 e. The zero-order valence-electron chi connectivity index (χ0n) is 18.1. The number of benzene rings is 2. The summed E-state index contributed by atoms with van der Waals surface area (Å²) in [5.41, 5.74) is 1.70. The number of rotatable bonds is 7. The van der Waals surface area contributed by atoms with Crippen molar-refractivity contribution in [2.45, 2.75) is 25.9 Å². The molecule has 4 rings (SSSR count). The number of nitrogens with zero attached hydrogens (tertiary/aromatic N) is 2. The second-order valence-electron chi connectivity index (χ2n) is 7.97. The maximum atomic E-state index is 13.0. The standard InChI is InChI=1S/C25H25FN2O4/c1-17-12-22(14-25(30)27(17)2)32-23-15-28(16-23)24(29)11-6-18-4-3-5-21(13-18)31-20-9-7-19(26)8-10-20/h3-5,7-10,12-14,23H,6,11,15-16H2,1-2H3. The molecule has 7 heteroatoms. The van der Waals surface area contributed by atoms with Gasteiger partial charge in [-0.3, -0.25) is 9.59 Å². The predicted octanol–water partition coefficient (Wildman–Crippen LogP) is 3.85. The molecular weight excluding hydrogens is 411 g/mol. The molecule has 0 spiro atoms. The minimum atomic E-state index is -0.314. The van der Waals surface area contributed by atoms with E-state index in [0.29, 0.717) is 43.2 Å². The smallest absolute Gasteiger partial charge is 0.254 e. The zero-order valence-corrected chi connectivity index (χ0v) is 18.1. The second kappa shape index (κ2) is 9.26. The second-order valence-corrected chi connectivity index (χ2v) is 7.97. The maximum absolute atomic E-state index is 13.0. The van der Waals surface area contributed by atoms with Crippen LogP contribution in [0.25, 0.3) is 0 Å². The molecule has 166 valence electrons.